The monoisotopic (exact) mass is 458 g/mol. The van der Waals surface area contributed by atoms with Crippen molar-refractivity contribution < 1.29 is 14.3 Å². The maximum absolute atomic E-state index is 12.8. The molecule has 0 radical (unpaired) electrons. The van der Waals surface area contributed by atoms with Crippen LogP contribution < -0.4 is 10.2 Å². The third kappa shape index (κ3) is 4.12. The number of amides is 1. The van der Waals surface area contributed by atoms with Gasteiger partial charge in [0.1, 0.15) is 22.4 Å². The molecule has 8 heteroatoms. The average Bonchev–Trinajstić information content (AvgIpc) is 3.52. The van der Waals surface area contributed by atoms with Gasteiger partial charge in [0.15, 0.2) is 0 Å². The Bertz CT molecular complexity index is 1340. The number of thiazole rings is 1. The Balaban J connectivity index is 1.33. The highest BCUT2D eigenvalue weighted by molar-refractivity contribution is 7.19. The zero-order valence-electron chi connectivity index (χ0n) is 17.9. The Labute approximate surface area is 194 Å². The molecule has 0 unspecified atom stereocenters. The fourth-order valence-corrected chi connectivity index (χ4v) is 4.94. The van der Waals surface area contributed by atoms with E-state index in [1.165, 1.54) is 11.3 Å². The van der Waals surface area contributed by atoms with Gasteiger partial charge in [-0.25, -0.2) is 4.98 Å². The number of fused-ring (bicyclic) bond motifs is 1. The van der Waals surface area contributed by atoms with Crippen LogP contribution in [-0.2, 0) is 6.42 Å². The van der Waals surface area contributed by atoms with Crippen molar-refractivity contribution in [3.8, 4) is 0 Å². The molecule has 1 atom stereocenters. The molecule has 0 spiro atoms. The summed E-state index contributed by atoms with van der Waals surface area (Å²) in [5, 5.41) is 23.0. The van der Waals surface area contributed by atoms with Crippen LogP contribution in [0.2, 0.25) is 0 Å². The summed E-state index contributed by atoms with van der Waals surface area (Å²) in [5.41, 5.74) is 2.41. The van der Waals surface area contributed by atoms with Crippen molar-refractivity contribution in [2.45, 2.75) is 19.4 Å². The van der Waals surface area contributed by atoms with E-state index in [9.17, 15) is 9.90 Å². The molecule has 33 heavy (non-hydrogen) atoms. The molecular weight excluding hydrogens is 436 g/mol. The summed E-state index contributed by atoms with van der Waals surface area (Å²) < 4.78 is 6.35. The SMILES string of the molecule is C[C@H](Cc1ccco1)NC(=O)c1cccc(N2CC(O)=C(c3nc4ccccc4s3)C2=N)c1. The summed E-state index contributed by atoms with van der Waals surface area (Å²) in [6.07, 6.45) is 2.21. The second-order valence-electron chi connectivity index (χ2n) is 7.95. The molecular formula is C25H22N4O3S. The molecule has 5 rings (SSSR count). The van der Waals surface area contributed by atoms with E-state index in [1.54, 1.807) is 29.4 Å². The van der Waals surface area contributed by atoms with E-state index < -0.39 is 0 Å². The van der Waals surface area contributed by atoms with Crippen LogP contribution in [0.3, 0.4) is 0 Å². The second kappa shape index (κ2) is 8.55. The third-order valence-electron chi connectivity index (χ3n) is 5.50. The molecule has 3 heterocycles. The smallest absolute Gasteiger partial charge is 0.251 e. The molecule has 7 nitrogen and oxygen atoms in total. The number of anilines is 1. The number of rotatable bonds is 6. The number of nitrogens with zero attached hydrogens (tertiary/aromatic N) is 2. The van der Waals surface area contributed by atoms with Crippen LogP contribution in [0.15, 0.2) is 77.1 Å². The molecule has 0 bridgehead atoms. The highest BCUT2D eigenvalue weighted by atomic mass is 32.1. The molecule has 1 amide bonds. The minimum Gasteiger partial charge on any atom is -0.510 e. The fraction of sp³-hybridized carbons (Fsp3) is 0.160. The minimum atomic E-state index is -0.204. The molecule has 1 aliphatic heterocycles. The minimum absolute atomic E-state index is 0.0981. The summed E-state index contributed by atoms with van der Waals surface area (Å²) in [4.78, 5) is 19.1. The van der Waals surface area contributed by atoms with Crippen LogP contribution in [0, 0.1) is 5.41 Å². The third-order valence-corrected chi connectivity index (χ3v) is 6.55. The van der Waals surface area contributed by atoms with E-state index in [4.69, 9.17) is 9.83 Å². The largest absolute Gasteiger partial charge is 0.510 e. The fourth-order valence-electron chi connectivity index (χ4n) is 3.91. The van der Waals surface area contributed by atoms with Gasteiger partial charge in [-0.3, -0.25) is 10.2 Å². The summed E-state index contributed by atoms with van der Waals surface area (Å²) in [5.74, 6) is 0.868. The predicted molar refractivity (Wildman–Crippen MR) is 130 cm³/mol. The number of carbonyl (C=O) groups excluding carboxylic acids is 1. The Hall–Kier alpha value is -3.91. The lowest BCUT2D eigenvalue weighted by Gasteiger charge is -2.20. The van der Waals surface area contributed by atoms with E-state index >= 15 is 0 Å². The molecule has 3 N–H and O–H groups in total. The zero-order valence-corrected chi connectivity index (χ0v) is 18.7. The molecule has 166 valence electrons. The van der Waals surface area contributed by atoms with Gasteiger partial charge in [-0.15, -0.1) is 11.3 Å². The van der Waals surface area contributed by atoms with Gasteiger partial charge >= 0.3 is 0 Å². The number of carbonyl (C=O) groups is 1. The van der Waals surface area contributed by atoms with Crippen LogP contribution in [0.1, 0.15) is 28.0 Å². The molecule has 2 aromatic heterocycles. The normalized spacial score (nSPS) is 14.8. The van der Waals surface area contributed by atoms with E-state index in [2.05, 4.69) is 10.3 Å². The summed E-state index contributed by atoms with van der Waals surface area (Å²) in [7, 11) is 0. The van der Waals surface area contributed by atoms with Crippen molar-refractivity contribution in [1.82, 2.24) is 10.3 Å². The van der Waals surface area contributed by atoms with Crippen molar-refractivity contribution in [2.24, 2.45) is 0 Å². The summed E-state index contributed by atoms with van der Waals surface area (Å²) in [6.45, 7) is 2.08. The number of para-hydroxylation sites is 1. The molecule has 4 aromatic rings. The number of hydrogen-bond acceptors (Lipinski definition) is 6. The average molecular weight is 459 g/mol. The zero-order chi connectivity index (χ0) is 22.9. The molecule has 0 aliphatic carbocycles. The predicted octanol–water partition coefficient (Wildman–Crippen LogP) is 5.02. The molecule has 0 saturated heterocycles. The number of nitrogens with one attached hydrogen (secondary N) is 2. The van der Waals surface area contributed by atoms with Crippen molar-refractivity contribution >= 4 is 44.6 Å². The molecule has 2 aromatic carbocycles. The second-order valence-corrected chi connectivity index (χ2v) is 8.98. The van der Waals surface area contributed by atoms with Gasteiger partial charge in [-0.2, -0.15) is 0 Å². The standard InChI is InChI=1S/C25H22N4O3S/c1-15(12-18-8-5-11-32-18)27-24(31)16-6-4-7-17(13-16)29-14-20(30)22(23(29)26)25-28-19-9-2-3-10-21(19)33-25/h2-11,13,15,26,30H,12,14H2,1H3,(H,27,31)/t15-/m1/s1. The maximum atomic E-state index is 12.8. The van der Waals surface area contributed by atoms with Crippen molar-refractivity contribution in [3.05, 3.63) is 89.0 Å². The lowest BCUT2D eigenvalue weighted by Crippen LogP contribution is -2.34. The first kappa shape index (κ1) is 21.0. The van der Waals surface area contributed by atoms with Crippen LogP contribution in [0.4, 0.5) is 5.69 Å². The summed E-state index contributed by atoms with van der Waals surface area (Å²) in [6, 6.07) is 18.4. The van der Waals surface area contributed by atoms with Gasteiger partial charge in [0.25, 0.3) is 5.91 Å². The van der Waals surface area contributed by atoms with Gasteiger partial charge in [-0.05, 0) is 49.4 Å². The first-order valence-corrected chi connectivity index (χ1v) is 11.4. The van der Waals surface area contributed by atoms with Crippen molar-refractivity contribution in [1.29, 1.82) is 5.41 Å². The van der Waals surface area contributed by atoms with Crippen LogP contribution in [0.5, 0.6) is 0 Å². The number of aliphatic hydroxyl groups is 1. The van der Waals surface area contributed by atoms with Crippen LogP contribution in [-0.4, -0.2) is 34.4 Å². The van der Waals surface area contributed by atoms with Crippen LogP contribution in [0.25, 0.3) is 15.8 Å². The molecule has 0 fully saturated rings. The van der Waals surface area contributed by atoms with E-state index in [0.717, 1.165) is 16.0 Å². The Morgan fingerprint density at radius 1 is 1.24 bits per heavy atom. The van der Waals surface area contributed by atoms with Crippen LogP contribution >= 0.6 is 11.3 Å². The number of furan rings is 1. The maximum Gasteiger partial charge on any atom is 0.251 e. The van der Waals surface area contributed by atoms with Crippen molar-refractivity contribution in [2.75, 3.05) is 11.4 Å². The highest BCUT2D eigenvalue weighted by Gasteiger charge is 2.31. The van der Waals surface area contributed by atoms with Crippen molar-refractivity contribution in [3.63, 3.8) is 0 Å². The Morgan fingerprint density at radius 2 is 2.09 bits per heavy atom. The quantitative estimate of drug-likeness (QED) is 0.377. The highest BCUT2D eigenvalue weighted by Crippen LogP contribution is 2.35. The Morgan fingerprint density at radius 3 is 2.88 bits per heavy atom. The number of aliphatic hydroxyl groups excluding tert-OH is 1. The van der Waals surface area contributed by atoms with E-state index in [0.29, 0.717) is 28.3 Å². The van der Waals surface area contributed by atoms with Gasteiger partial charge in [0.2, 0.25) is 0 Å². The lowest BCUT2D eigenvalue weighted by molar-refractivity contribution is 0.0939. The summed E-state index contributed by atoms with van der Waals surface area (Å²) >= 11 is 1.45. The van der Waals surface area contributed by atoms with Gasteiger partial charge < -0.3 is 19.7 Å². The number of amidine groups is 1. The molecule has 1 aliphatic rings. The number of hydrogen-bond donors (Lipinski definition) is 3. The molecule has 0 saturated carbocycles. The topological polar surface area (TPSA) is 102 Å². The lowest BCUT2D eigenvalue weighted by atomic mass is 10.1. The Kier molecular flexibility index (Phi) is 5.43. The first-order chi connectivity index (χ1) is 16.0. The van der Waals surface area contributed by atoms with E-state index in [1.807, 2.05) is 49.4 Å². The van der Waals surface area contributed by atoms with Gasteiger partial charge in [-0.1, -0.05) is 18.2 Å². The number of benzene rings is 2. The van der Waals surface area contributed by atoms with E-state index in [-0.39, 0.29) is 30.1 Å². The number of aromatic nitrogens is 1. The first-order valence-electron chi connectivity index (χ1n) is 10.6. The van der Waals surface area contributed by atoms with Gasteiger partial charge in [0, 0.05) is 23.7 Å². The van der Waals surface area contributed by atoms with Gasteiger partial charge in [0.05, 0.1) is 28.6 Å².